The summed E-state index contributed by atoms with van der Waals surface area (Å²) >= 11 is 0. The van der Waals surface area contributed by atoms with Crippen molar-refractivity contribution in [3.05, 3.63) is 113 Å². The van der Waals surface area contributed by atoms with E-state index in [9.17, 15) is 4.57 Å². The van der Waals surface area contributed by atoms with E-state index in [4.69, 9.17) is 13.8 Å². The van der Waals surface area contributed by atoms with E-state index in [0.29, 0.717) is 30.0 Å². The maximum Gasteiger partial charge on any atom is 0.365 e. The number of hydrogen-bond acceptors (Lipinski definition) is 4. The number of benzene rings is 3. The second-order valence-corrected chi connectivity index (χ2v) is 10.8. The highest BCUT2D eigenvalue weighted by Crippen LogP contribution is 2.65. The second-order valence-electron chi connectivity index (χ2n) is 8.81. The first-order valence-electron chi connectivity index (χ1n) is 10.7. The Bertz CT molecular complexity index is 1230. The maximum absolute atomic E-state index is 14.1. The van der Waals surface area contributed by atoms with Gasteiger partial charge in [0, 0.05) is 11.0 Å². The van der Waals surface area contributed by atoms with Crippen molar-refractivity contribution in [1.82, 2.24) is 0 Å². The van der Waals surface area contributed by atoms with Crippen LogP contribution in [0.25, 0.3) is 10.9 Å². The lowest BCUT2D eigenvalue weighted by Gasteiger charge is -2.35. The van der Waals surface area contributed by atoms with Crippen LogP contribution in [0.15, 0.2) is 96.8 Å². The van der Waals surface area contributed by atoms with Crippen LogP contribution in [-0.2, 0) is 13.6 Å². The molecule has 5 heteroatoms. The van der Waals surface area contributed by atoms with Gasteiger partial charge >= 0.3 is 7.60 Å². The van der Waals surface area contributed by atoms with Gasteiger partial charge in [0.05, 0.1) is 13.2 Å². The number of allylic oxidation sites excluding steroid dienone is 1. The Hall–Kier alpha value is -2.91. The molecule has 0 N–H and O–H groups in total. The van der Waals surface area contributed by atoms with Gasteiger partial charge in [-0.25, -0.2) is 0 Å². The average Bonchev–Trinajstić information content (AvgIpc) is 2.82. The lowest BCUT2D eigenvalue weighted by molar-refractivity contribution is 0.0466. The van der Waals surface area contributed by atoms with Crippen molar-refractivity contribution in [1.29, 1.82) is 0 Å². The molecule has 0 aliphatic carbocycles. The molecule has 32 heavy (non-hydrogen) atoms. The van der Waals surface area contributed by atoms with Crippen LogP contribution in [-0.4, -0.2) is 13.2 Å². The molecule has 0 bridgehead atoms. The Morgan fingerprint density at radius 1 is 0.812 bits per heavy atom. The zero-order chi connectivity index (χ0) is 22.2. The van der Waals surface area contributed by atoms with E-state index in [0.717, 1.165) is 22.3 Å². The zero-order valence-electron chi connectivity index (χ0n) is 18.2. The van der Waals surface area contributed by atoms with Gasteiger partial charge in [-0.05, 0) is 28.8 Å². The molecule has 4 nitrogen and oxygen atoms in total. The Kier molecular flexibility index (Phi) is 5.38. The molecule has 2 aliphatic heterocycles. The highest BCUT2D eigenvalue weighted by molar-refractivity contribution is 7.65. The molecule has 0 unspecified atom stereocenters. The molecule has 3 aromatic rings. The number of hydrogen-bond donors (Lipinski definition) is 0. The summed E-state index contributed by atoms with van der Waals surface area (Å²) in [4.78, 5) is 0. The lowest BCUT2D eigenvalue weighted by atomic mass is 9.94. The summed E-state index contributed by atoms with van der Waals surface area (Å²) in [5.41, 5.74) is 3.59. The topological polar surface area (TPSA) is 44.8 Å². The van der Waals surface area contributed by atoms with Crippen molar-refractivity contribution in [2.75, 3.05) is 13.2 Å². The molecule has 0 atom stereocenters. The van der Waals surface area contributed by atoms with E-state index in [1.807, 2.05) is 92.7 Å². The Morgan fingerprint density at radius 2 is 1.41 bits per heavy atom. The van der Waals surface area contributed by atoms with Crippen LogP contribution in [0.5, 0.6) is 5.75 Å². The molecule has 0 spiro atoms. The first-order valence-corrected chi connectivity index (χ1v) is 12.2. The van der Waals surface area contributed by atoms with E-state index >= 15 is 0 Å². The third-order valence-corrected chi connectivity index (χ3v) is 7.53. The van der Waals surface area contributed by atoms with Gasteiger partial charge in [-0.2, -0.15) is 0 Å². The van der Waals surface area contributed by atoms with Gasteiger partial charge < -0.3 is 13.8 Å². The molecule has 0 saturated carbocycles. The molecule has 0 amide bonds. The van der Waals surface area contributed by atoms with Crippen LogP contribution < -0.4 is 4.74 Å². The summed E-state index contributed by atoms with van der Waals surface area (Å²) in [6.45, 7) is 4.76. The Morgan fingerprint density at radius 3 is 2.09 bits per heavy atom. The van der Waals surface area contributed by atoms with Crippen molar-refractivity contribution < 1.29 is 18.3 Å². The van der Waals surface area contributed by atoms with Crippen LogP contribution in [0.1, 0.15) is 30.5 Å². The summed E-state index contributed by atoms with van der Waals surface area (Å²) < 4.78 is 32.3. The normalized spacial score (nSPS) is 20.5. The largest absolute Gasteiger partial charge is 0.456 e. The van der Waals surface area contributed by atoms with Crippen molar-refractivity contribution in [3.8, 4) is 5.75 Å². The van der Waals surface area contributed by atoms with Crippen molar-refractivity contribution in [2.45, 2.75) is 13.8 Å². The first-order chi connectivity index (χ1) is 15.5. The molecule has 0 aromatic heterocycles. The van der Waals surface area contributed by atoms with Crippen LogP contribution in [0.3, 0.4) is 0 Å². The fraction of sp³-hybridized carbons (Fsp3) is 0.185. The maximum atomic E-state index is 14.1. The highest BCUT2D eigenvalue weighted by Gasteiger charge is 2.42. The Labute approximate surface area is 188 Å². The van der Waals surface area contributed by atoms with Crippen molar-refractivity contribution in [3.63, 3.8) is 0 Å². The zero-order valence-corrected chi connectivity index (χ0v) is 19.0. The standard InChI is InChI=1S/C27H25O4P/c1-27(2)18-29-32(28,30-19-27)26(21-13-7-4-8-14-21)25-17-23(20-11-5-3-6-12-20)22-15-9-10-16-24(22)31-25/h3-17H,18-19H2,1-2H3/b26-25-. The van der Waals surface area contributed by atoms with Gasteiger partial charge in [0.25, 0.3) is 0 Å². The van der Waals surface area contributed by atoms with Gasteiger partial charge in [-0.1, -0.05) is 92.7 Å². The predicted molar refractivity (Wildman–Crippen MR) is 127 cm³/mol. The minimum Gasteiger partial charge on any atom is -0.456 e. The van der Waals surface area contributed by atoms with Crippen LogP contribution in [0.4, 0.5) is 0 Å². The summed E-state index contributed by atoms with van der Waals surface area (Å²) in [5.74, 6) is 1.19. The summed E-state index contributed by atoms with van der Waals surface area (Å²) in [7, 11) is -3.61. The van der Waals surface area contributed by atoms with Gasteiger partial charge in [0.1, 0.15) is 16.8 Å². The van der Waals surface area contributed by atoms with Crippen molar-refractivity contribution >= 4 is 18.5 Å². The molecule has 1 fully saturated rings. The molecule has 3 aromatic carbocycles. The molecule has 2 aliphatic rings. The van der Waals surface area contributed by atoms with Gasteiger partial charge in [0.15, 0.2) is 0 Å². The predicted octanol–water partition coefficient (Wildman–Crippen LogP) is 7.15. The fourth-order valence-corrected chi connectivity index (χ4v) is 6.08. The van der Waals surface area contributed by atoms with E-state index in [1.165, 1.54) is 0 Å². The third-order valence-electron chi connectivity index (χ3n) is 5.56. The van der Waals surface area contributed by atoms with E-state index in [-0.39, 0.29) is 5.41 Å². The monoisotopic (exact) mass is 444 g/mol. The smallest absolute Gasteiger partial charge is 0.365 e. The molecule has 2 heterocycles. The van der Waals surface area contributed by atoms with Crippen LogP contribution >= 0.6 is 7.60 Å². The number of para-hydroxylation sites is 1. The van der Waals surface area contributed by atoms with E-state index < -0.39 is 7.60 Å². The second kappa shape index (κ2) is 8.22. The number of ether oxygens (including phenoxy) is 1. The first kappa shape index (κ1) is 21.0. The molecule has 162 valence electrons. The fourth-order valence-electron chi connectivity index (χ4n) is 3.87. The Balaban J connectivity index is 1.73. The minimum atomic E-state index is -3.61. The summed E-state index contributed by atoms with van der Waals surface area (Å²) in [6, 6.07) is 27.6. The van der Waals surface area contributed by atoms with E-state index in [2.05, 4.69) is 12.1 Å². The SMILES string of the molecule is CC1(C)COP(=O)(/C(=C2/C=C(c3ccccc3)c3ccccc3O2)c2ccccc2)OC1. The minimum absolute atomic E-state index is 0.203. The highest BCUT2D eigenvalue weighted by atomic mass is 31.2. The van der Waals surface area contributed by atoms with Gasteiger partial charge in [-0.15, -0.1) is 0 Å². The quantitative estimate of drug-likeness (QED) is 0.403. The van der Waals surface area contributed by atoms with E-state index in [1.54, 1.807) is 0 Å². The van der Waals surface area contributed by atoms with Crippen LogP contribution in [0.2, 0.25) is 0 Å². The lowest BCUT2D eigenvalue weighted by Crippen LogP contribution is -2.29. The molecule has 0 radical (unpaired) electrons. The number of fused-ring (bicyclic) bond motifs is 1. The summed E-state index contributed by atoms with van der Waals surface area (Å²) in [5, 5.41) is 0.455. The molecule has 1 saturated heterocycles. The molecule has 5 rings (SSSR count). The summed E-state index contributed by atoms with van der Waals surface area (Å²) in [6.07, 6.45) is 1.95. The van der Waals surface area contributed by atoms with Gasteiger partial charge in [-0.3, -0.25) is 4.57 Å². The molecular formula is C27H25O4P. The average molecular weight is 444 g/mol. The van der Waals surface area contributed by atoms with Crippen LogP contribution in [0, 0.1) is 5.41 Å². The van der Waals surface area contributed by atoms with Crippen molar-refractivity contribution in [2.24, 2.45) is 5.41 Å². The van der Waals surface area contributed by atoms with Gasteiger partial charge in [0.2, 0.25) is 0 Å². The number of rotatable bonds is 3. The third kappa shape index (κ3) is 3.98. The molecular weight excluding hydrogens is 419 g/mol.